The lowest BCUT2D eigenvalue weighted by molar-refractivity contribution is -0.121. The van der Waals surface area contributed by atoms with E-state index in [4.69, 9.17) is 0 Å². The molecule has 0 saturated carbocycles. The zero-order valence-electron chi connectivity index (χ0n) is 15.7. The van der Waals surface area contributed by atoms with Crippen LogP contribution in [0.3, 0.4) is 0 Å². The summed E-state index contributed by atoms with van der Waals surface area (Å²) < 4.78 is 0. The van der Waals surface area contributed by atoms with Crippen LogP contribution in [0.5, 0.6) is 0 Å². The molecule has 0 spiro atoms. The second-order valence-electron chi connectivity index (χ2n) is 7.59. The second-order valence-corrected chi connectivity index (χ2v) is 7.59. The predicted octanol–water partition coefficient (Wildman–Crippen LogP) is 3.37. The van der Waals surface area contributed by atoms with Gasteiger partial charge < -0.3 is 10.2 Å². The standard InChI is InChI=1S/C22H25N3O2/c1-15-5-3-11-23-20(15)24-21(26)19-8-4-12-25(14-19)22(27)18-10-9-16-6-2-7-17(16)13-18/h3,5,9-11,13,19H,2,4,6-8,12,14H2,1H3,(H,23,24,26). The molecule has 27 heavy (non-hydrogen) atoms. The summed E-state index contributed by atoms with van der Waals surface area (Å²) in [5.41, 5.74) is 4.36. The van der Waals surface area contributed by atoms with Crippen LogP contribution in [0.15, 0.2) is 36.5 Å². The van der Waals surface area contributed by atoms with Crippen molar-refractivity contribution in [1.29, 1.82) is 0 Å². The average Bonchev–Trinajstić information content (AvgIpc) is 3.17. The molecule has 0 bridgehead atoms. The fourth-order valence-electron chi connectivity index (χ4n) is 4.10. The van der Waals surface area contributed by atoms with Gasteiger partial charge in [0.05, 0.1) is 5.92 Å². The number of hydrogen-bond acceptors (Lipinski definition) is 3. The number of fused-ring (bicyclic) bond motifs is 1. The molecule has 1 aliphatic heterocycles. The number of pyridine rings is 1. The number of piperidine rings is 1. The summed E-state index contributed by atoms with van der Waals surface area (Å²) in [5.74, 6) is 0.391. The normalized spacial score (nSPS) is 18.9. The van der Waals surface area contributed by atoms with Crippen molar-refractivity contribution in [2.45, 2.75) is 39.0 Å². The molecule has 1 saturated heterocycles. The lowest BCUT2D eigenvalue weighted by Crippen LogP contribution is -2.43. The molecule has 1 atom stereocenters. The third-order valence-electron chi connectivity index (χ3n) is 5.68. The van der Waals surface area contributed by atoms with E-state index in [0.717, 1.165) is 36.8 Å². The van der Waals surface area contributed by atoms with Crippen molar-refractivity contribution >= 4 is 17.6 Å². The lowest BCUT2D eigenvalue weighted by Gasteiger charge is -2.32. The minimum Gasteiger partial charge on any atom is -0.338 e. The Kier molecular flexibility index (Phi) is 4.92. The largest absolute Gasteiger partial charge is 0.338 e. The van der Waals surface area contributed by atoms with Crippen LogP contribution >= 0.6 is 0 Å². The molecular formula is C22H25N3O2. The first kappa shape index (κ1) is 17.7. The highest BCUT2D eigenvalue weighted by molar-refractivity contribution is 5.96. The van der Waals surface area contributed by atoms with Crippen LogP contribution in [0.2, 0.25) is 0 Å². The van der Waals surface area contributed by atoms with Crippen molar-refractivity contribution in [2.75, 3.05) is 18.4 Å². The molecule has 1 aliphatic carbocycles. The first-order valence-electron chi connectivity index (χ1n) is 9.75. The Bertz CT molecular complexity index is 878. The van der Waals surface area contributed by atoms with Crippen LogP contribution in [0.4, 0.5) is 5.82 Å². The van der Waals surface area contributed by atoms with Gasteiger partial charge in [-0.1, -0.05) is 12.1 Å². The monoisotopic (exact) mass is 363 g/mol. The smallest absolute Gasteiger partial charge is 0.253 e. The van der Waals surface area contributed by atoms with E-state index >= 15 is 0 Å². The number of rotatable bonds is 3. The maximum atomic E-state index is 13.0. The highest BCUT2D eigenvalue weighted by Gasteiger charge is 2.29. The van der Waals surface area contributed by atoms with Crippen LogP contribution < -0.4 is 5.32 Å². The van der Waals surface area contributed by atoms with Gasteiger partial charge in [0, 0.05) is 24.8 Å². The van der Waals surface area contributed by atoms with Crippen LogP contribution in [0.1, 0.15) is 46.3 Å². The zero-order valence-corrected chi connectivity index (χ0v) is 15.7. The Morgan fingerprint density at radius 2 is 2.00 bits per heavy atom. The van der Waals surface area contributed by atoms with Gasteiger partial charge in [-0.3, -0.25) is 9.59 Å². The van der Waals surface area contributed by atoms with Gasteiger partial charge >= 0.3 is 0 Å². The predicted molar refractivity (Wildman–Crippen MR) is 105 cm³/mol. The molecule has 0 radical (unpaired) electrons. The van der Waals surface area contributed by atoms with Crippen molar-refractivity contribution in [3.8, 4) is 0 Å². The number of nitrogens with zero attached hydrogens (tertiary/aromatic N) is 2. The molecular weight excluding hydrogens is 338 g/mol. The van der Waals surface area contributed by atoms with Gasteiger partial charge in [-0.05, 0) is 73.9 Å². The summed E-state index contributed by atoms with van der Waals surface area (Å²) in [5, 5.41) is 2.93. The van der Waals surface area contributed by atoms with Crippen LogP contribution in [-0.2, 0) is 17.6 Å². The molecule has 140 valence electrons. The van der Waals surface area contributed by atoms with E-state index < -0.39 is 0 Å². The summed E-state index contributed by atoms with van der Waals surface area (Å²) in [6.45, 7) is 3.10. The van der Waals surface area contributed by atoms with E-state index in [-0.39, 0.29) is 17.7 Å². The number of hydrogen-bond donors (Lipinski definition) is 1. The number of benzene rings is 1. The first-order chi connectivity index (χ1) is 13.1. The number of carbonyl (C=O) groups excluding carboxylic acids is 2. The topological polar surface area (TPSA) is 62.3 Å². The van der Waals surface area contributed by atoms with Gasteiger partial charge in [0.15, 0.2) is 0 Å². The van der Waals surface area contributed by atoms with Gasteiger partial charge in [0.1, 0.15) is 5.82 Å². The maximum absolute atomic E-state index is 13.0. The molecule has 1 fully saturated rings. The summed E-state index contributed by atoms with van der Waals surface area (Å²) in [7, 11) is 0. The molecule has 4 rings (SSSR count). The molecule has 5 nitrogen and oxygen atoms in total. The number of amides is 2. The quantitative estimate of drug-likeness (QED) is 0.909. The maximum Gasteiger partial charge on any atom is 0.253 e. The van der Waals surface area contributed by atoms with E-state index in [1.165, 1.54) is 17.5 Å². The minimum atomic E-state index is -0.196. The average molecular weight is 363 g/mol. The molecule has 1 N–H and O–H groups in total. The fraction of sp³-hybridized carbons (Fsp3) is 0.409. The third-order valence-corrected chi connectivity index (χ3v) is 5.68. The van der Waals surface area contributed by atoms with Crippen molar-refractivity contribution < 1.29 is 9.59 Å². The first-order valence-corrected chi connectivity index (χ1v) is 9.75. The molecule has 5 heteroatoms. The number of aryl methyl sites for hydroxylation is 3. The van der Waals surface area contributed by atoms with Crippen molar-refractivity contribution in [3.05, 3.63) is 58.8 Å². The molecule has 1 aromatic carbocycles. The van der Waals surface area contributed by atoms with E-state index in [1.54, 1.807) is 6.20 Å². The SMILES string of the molecule is Cc1cccnc1NC(=O)C1CCCN(C(=O)c2ccc3c(c2)CCC3)C1. The number of carbonyl (C=O) groups is 2. The van der Waals surface area contributed by atoms with Crippen molar-refractivity contribution in [2.24, 2.45) is 5.92 Å². The van der Waals surface area contributed by atoms with Gasteiger partial charge in [-0.15, -0.1) is 0 Å². The number of anilines is 1. The van der Waals surface area contributed by atoms with E-state index in [0.29, 0.717) is 18.9 Å². The van der Waals surface area contributed by atoms with Crippen LogP contribution in [0.25, 0.3) is 0 Å². The molecule has 1 aromatic heterocycles. The van der Waals surface area contributed by atoms with Gasteiger partial charge in [-0.25, -0.2) is 4.98 Å². The molecule has 2 amide bonds. The Morgan fingerprint density at radius 1 is 1.15 bits per heavy atom. The number of likely N-dealkylation sites (tertiary alicyclic amines) is 1. The Balaban J connectivity index is 1.44. The summed E-state index contributed by atoms with van der Waals surface area (Å²) >= 11 is 0. The lowest BCUT2D eigenvalue weighted by atomic mass is 9.96. The third kappa shape index (κ3) is 3.72. The molecule has 1 unspecified atom stereocenters. The Labute approximate surface area is 159 Å². The Morgan fingerprint density at radius 3 is 2.85 bits per heavy atom. The van der Waals surface area contributed by atoms with E-state index in [2.05, 4.69) is 16.4 Å². The van der Waals surface area contributed by atoms with Gasteiger partial charge in [-0.2, -0.15) is 0 Å². The fourth-order valence-corrected chi connectivity index (χ4v) is 4.10. The molecule has 2 aromatic rings. The second kappa shape index (κ2) is 7.51. The number of nitrogens with one attached hydrogen (secondary N) is 1. The van der Waals surface area contributed by atoms with Crippen molar-refractivity contribution in [1.82, 2.24) is 9.88 Å². The van der Waals surface area contributed by atoms with Crippen LogP contribution in [-0.4, -0.2) is 34.8 Å². The zero-order chi connectivity index (χ0) is 18.8. The summed E-state index contributed by atoms with van der Waals surface area (Å²) in [6, 6.07) is 9.85. The number of aromatic nitrogens is 1. The molecule has 2 aliphatic rings. The molecule has 2 heterocycles. The van der Waals surface area contributed by atoms with E-state index in [1.807, 2.05) is 36.1 Å². The summed E-state index contributed by atoms with van der Waals surface area (Å²) in [4.78, 5) is 31.7. The van der Waals surface area contributed by atoms with Crippen molar-refractivity contribution in [3.63, 3.8) is 0 Å². The highest BCUT2D eigenvalue weighted by atomic mass is 16.2. The summed E-state index contributed by atoms with van der Waals surface area (Å²) in [6.07, 6.45) is 6.66. The minimum absolute atomic E-state index is 0.0382. The van der Waals surface area contributed by atoms with E-state index in [9.17, 15) is 9.59 Å². The Hall–Kier alpha value is -2.69. The highest BCUT2D eigenvalue weighted by Crippen LogP contribution is 2.25. The van der Waals surface area contributed by atoms with Gasteiger partial charge in [0.2, 0.25) is 5.91 Å². The van der Waals surface area contributed by atoms with Crippen LogP contribution in [0, 0.1) is 12.8 Å². The van der Waals surface area contributed by atoms with Gasteiger partial charge in [0.25, 0.3) is 5.91 Å².